The molecule has 0 aliphatic carbocycles. The second kappa shape index (κ2) is 5.84. The van der Waals surface area contributed by atoms with Crippen LogP contribution in [0, 0.1) is 0 Å². The number of pyridine rings is 1. The molecular weight excluding hydrogens is 346 g/mol. The van der Waals surface area contributed by atoms with E-state index in [0.29, 0.717) is 0 Å². The Labute approximate surface area is 144 Å². The number of carbonyl (C=O) groups excluding carboxylic acids is 3. The molecule has 1 aliphatic rings. The molecule has 2 heterocycles. The summed E-state index contributed by atoms with van der Waals surface area (Å²) in [5, 5.41) is 11.4. The lowest BCUT2D eigenvalue weighted by Crippen LogP contribution is -2.25. The maximum atomic E-state index is 12.4. The van der Waals surface area contributed by atoms with Crippen LogP contribution in [0.4, 0.5) is 5.82 Å². The van der Waals surface area contributed by atoms with Gasteiger partial charge in [-0.25, -0.2) is 9.59 Å². The monoisotopic (exact) mass is 357 g/mol. The van der Waals surface area contributed by atoms with Crippen LogP contribution < -0.4 is 16.6 Å². The fraction of sp³-hybridized carbons (Fsp3) is 0.0625. The first-order valence-electron chi connectivity index (χ1n) is 7.13. The molecule has 0 bridgehead atoms. The van der Waals surface area contributed by atoms with Crippen molar-refractivity contribution in [2.75, 3.05) is 12.8 Å². The highest BCUT2D eigenvalue weighted by Gasteiger charge is 2.32. The lowest BCUT2D eigenvalue weighted by Gasteiger charge is -2.14. The van der Waals surface area contributed by atoms with Gasteiger partial charge >= 0.3 is 11.9 Å². The third-order valence-electron chi connectivity index (χ3n) is 3.84. The number of carboxylic acids is 1. The Bertz CT molecular complexity index is 1070. The molecule has 0 radical (unpaired) electrons. The maximum absolute atomic E-state index is 12.4. The van der Waals surface area contributed by atoms with Crippen molar-refractivity contribution in [3.05, 3.63) is 56.9 Å². The Balaban J connectivity index is 2.32. The zero-order chi connectivity index (χ0) is 19.2. The lowest BCUT2D eigenvalue weighted by atomic mass is 10.1. The summed E-state index contributed by atoms with van der Waals surface area (Å²) < 4.78 is 5.33. The molecule has 0 atom stereocenters. The summed E-state index contributed by atoms with van der Waals surface area (Å²) >= 11 is 0. The lowest BCUT2D eigenvalue weighted by molar-refractivity contribution is 0.0600. The fourth-order valence-corrected chi connectivity index (χ4v) is 2.67. The summed E-state index contributed by atoms with van der Waals surface area (Å²) in [6.07, 6.45) is 0. The Kier molecular flexibility index (Phi) is 3.80. The van der Waals surface area contributed by atoms with Gasteiger partial charge in [0, 0.05) is 6.07 Å². The predicted molar refractivity (Wildman–Crippen MR) is 86.5 cm³/mol. The summed E-state index contributed by atoms with van der Waals surface area (Å²) in [5.74, 6) is -4.14. The minimum atomic E-state index is -1.43. The minimum absolute atomic E-state index is 0.0469. The zero-order valence-electron chi connectivity index (χ0n) is 13.2. The molecule has 0 saturated carbocycles. The molecule has 0 fully saturated rings. The number of imide groups is 1. The van der Waals surface area contributed by atoms with Crippen molar-refractivity contribution in [2.45, 2.75) is 0 Å². The summed E-state index contributed by atoms with van der Waals surface area (Å²) in [7, 11) is 1.13. The Morgan fingerprint density at radius 3 is 2.46 bits per heavy atom. The third-order valence-corrected chi connectivity index (χ3v) is 3.84. The number of carboxylic acid groups (broad SMARTS) is 1. The van der Waals surface area contributed by atoms with Gasteiger partial charge in [-0.2, -0.15) is 0 Å². The van der Waals surface area contributed by atoms with Crippen LogP contribution in [0.2, 0.25) is 0 Å². The second-order valence-electron chi connectivity index (χ2n) is 5.30. The van der Waals surface area contributed by atoms with Gasteiger partial charge < -0.3 is 15.6 Å². The number of rotatable bonds is 3. The molecule has 26 heavy (non-hydrogen) atoms. The average Bonchev–Trinajstić information content (AvgIpc) is 2.88. The highest BCUT2D eigenvalue weighted by Crippen LogP contribution is 2.25. The number of fused-ring (bicyclic) bond motifs is 1. The van der Waals surface area contributed by atoms with E-state index in [-0.39, 0.29) is 28.2 Å². The number of methoxy groups -OCH3 is 1. The Morgan fingerprint density at radius 2 is 1.85 bits per heavy atom. The van der Waals surface area contributed by atoms with Crippen molar-refractivity contribution in [2.24, 2.45) is 0 Å². The van der Waals surface area contributed by atoms with Gasteiger partial charge in [0.15, 0.2) is 0 Å². The van der Waals surface area contributed by atoms with Crippen LogP contribution in [0.3, 0.4) is 0 Å². The predicted octanol–water partition coefficient (Wildman–Crippen LogP) is -0.212. The molecule has 10 heteroatoms. The second-order valence-corrected chi connectivity index (χ2v) is 5.30. The van der Waals surface area contributed by atoms with Crippen LogP contribution in [-0.4, -0.2) is 40.5 Å². The number of nitrogens with one attached hydrogen (secondary N) is 1. The number of hydrogen-bond acceptors (Lipinski definition) is 7. The number of ether oxygens (including phenoxy) is 1. The van der Waals surface area contributed by atoms with E-state index < -0.39 is 34.9 Å². The molecule has 1 aromatic carbocycles. The van der Waals surface area contributed by atoms with Gasteiger partial charge in [-0.05, 0) is 18.2 Å². The van der Waals surface area contributed by atoms with E-state index in [0.717, 1.165) is 23.8 Å². The van der Waals surface area contributed by atoms with E-state index in [1.807, 2.05) is 5.32 Å². The number of benzene rings is 1. The van der Waals surface area contributed by atoms with Crippen LogP contribution in [0.1, 0.15) is 41.4 Å². The Morgan fingerprint density at radius 1 is 1.15 bits per heavy atom. The smallest absolute Gasteiger partial charge is 0.337 e. The molecular formula is C16H11N3O7. The van der Waals surface area contributed by atoms with Gasteiger partial charge in [-0.1, -0.05) is 0 Å². The first-order chi connectivity index (χ1) is 12.3. The van der Waals surface area contributed by atoms with Gasteiger partial charge in [-0.3, -0.25) is 24.3 Å². The quantitative estimate of drug-likeness (QED) is 0.503. The number of nitrogens with zero attached hydrogens (tertiary/aromatic N) is 1. The van der Waals surface area contributed by atoms with Crippen molar-refractivity contribution in [3.8, 4) is 5.69 Å². The number of esters is 1. The molecule has 0 spiro atoms. The number of hydrogen-bond donors (Lipinski definition) is 3. The number of nitrogens with two attached hydrogens (primary N) is 1. The number of anilines is 1. The van der Waals surface area contributed by atoms with Gasteiger partial charge in [-0.15, -0.1) is 0 Å². The van der Waals surface area contributed by atoms with E-state index in [4.69, 9.17) is 5.73 Å². The van der Waals surface area contributed by atoms with Crippen molar-refractivity contribution in [3.63, 3.8) is 0 Å². The van der Waals surface area contributed by atoms with Crippen molar-refractivity contribution in [1.29, 1.82) is 0 Å². The van der Waals surface area contributed by atoms with Gasteiger partial charge in [0.1, 0.15) is 5.82 Å². The van der Waals surface area contributed by atoms with Gasteiger partial charge in [0.25, 0.3) is 17.4 Å². The largest absolute Gasteiger partial charge is 0.478 e. The molecule has 4 N–H and O–H groups in total. The third kappa shape index (κ3) is 2.40. The van der Waals surface area contributed by atoms with E-state index >= 15 is 0 Å². The number of aromatic carboxylic acids is 1. The first kappa shape index (κ1) is 16.9. The molecule has 132 valence electrons. The van der Waals surface area contributed by atoms with E-state index in [9.17, 15) is 29.1 Å². The first-order valence-corrected chi connectivity index (χ1v) is 7.13. The summed E-state index contributed by atoms with van der Waals surface area (Å²) in [5.41, 5.74) is 4.05. The van der Waals surface area contributed by atoms with Crippen molar-refractivity contribution in [1.82, 2.24) is 9.88 Å². The maximum Gasteiger partial charge on any atom is 0.337 e. The molecule has 0 saturated heterocycles. The standard InChI is InChI=1S/C16H11N3O7/c1-26-16(25)6-2-3-9(7(4-6)15(23)24)19-10(20)5-8-11(12(19)17)14(22)18-13(8)21/h2-5H,17H2,1H3,(H,23,24)(H,18,21,22). The van der Waals surface area contributed by atoms with Gasteiger partial charge in [0.05, 0.1) is 35.1 Å². The van der Waals surface area contributed by atoms with Gasteiger partial charge in [0.2, 0.25) is 0 Å². The zero-order valence-corrected chi connectivity index (χ0v) is 13.2. The highest BCUT2D eigenvalue weighted by atomic mass is 16.5. The number of nitrogen functional groups attached to an aromatic ring is 1. The fourth-order valence-electron chi connectivity index (χ4n) is 2.67. The van der Waals surface area contributed by atoms with Crippen molar-refractivity contribution < 1.29 is 29.0 Å². The molecule has 2 aromatic rings. The highest BCUT2D eigenvalue weighted by molar-refractivity contribution is 6.23. The van der Waals surface area contributed by atoms with E-state index in [1.165, 1.54) is 12.1 Å². The Hall–Kier alpha value is -3.95. The molecule has 1 aromatic heterocycles. The number of amides is 2. The van der Waals surface area contributed by atoms with Crippen LogP contribution >= 0.6 is 0 Å². The van der Waals surface area contributed by atoms with Crippen LogP contribution in [0.5, 0.6) is 0 Å². The SMILES string of the molecule is COC(=O)c1ccc(-n2c(N)c3c(cc2=O)C(=O)NC3=O)c(C(=O)O)c1. The molecule has 1 aliphatic heterocycles. The average molecular weight is 357 g/mol. The van der Waals surface area contributed by atoms with Crippen LogP contribution in [-0.2, 0) is 4.74 Å². The summed E-state index contributed by atoms with van der Waals surface area (Å²) in [6.45, 7) is 0. The van der Waals surface area contributed by atoms with Crippen molar-refractivity contribution >= 4 is 29.6 Å². The minimum Gasteiger partial charge on any atom is -0.478 e. The van der Waals surface area contributed by atoms with E-state index in [2.05, 4.69) is 4.74 Å². The normalized spacial score (nSPS) is 12.5. The topological polar surface area (TPSA) is 158 Å². The molecule has 3 rings (SSSR count). The molecule has 2 amide bonds. The molecule has 10 nitrogen and oxygen atoms in total. The van der Waals surface area contributed by atoms with Crippen LogP contribution in [0.25, 0.3) is 5.69 Å². The summed E-state index contributed by atoms with van der Waals surface area (Å²) in [4.78, 5) is 59.2. The molecule has 0 unspecified atom stereocenters. The number of carbonyl (C=O) groups is 4. The summed E-state index contributed by atoms with van der Waals surface area (Å²) in [6, 6.07) is 4.35. The van der Waals surface area contributed by atoms with E-state index in [1.54, 1.807) is 0 Å². The number of aromatic nitrogens is 1. The van der Waals surface area contributed by atoms with Crippen LogP contribution in [0.15, 0.2) is 29.1 Å².